The Labute approximate surface area is 113 Å². The molecule has 0 saturated heterocycles. The summed E-state index contributed by atoms with van der Waals surface area (Å²) in [6.07, 6.45) is 0.986. The van der Waals surface area contributed by atoms with E-state index >= 15 is 0 Å². The Bertz CT molecular complexity index is 513. The van der Waals surface area contributed by atoms with Crippen LogP contribution in [0.15, 0.2) is 17.5 Å². The molecule has 18 heavy (non-hydrogen) atoms. The third-order valence-corrected chi connectivity index (χ3v) is 4.36. The molecule has 0 aliphatic heterocycles. The summed E-state index contributed by atoms with van der Waals surface area (Å²) in [6, 6.07) is 4.65. The van der Waals surface area contributed by atoms with E-state index in [0.717, 1.165) is 13.0 Å². The molecule has 2 aromatic heterocycles. The van der Waals surface area contributed by atoms with Gasteiger partial charge in [0.1, 0.15) is 0 Å². The third kappa shape index (κ3) is 2.35. The molecule has 2 heterocycles. The molecule has 0 radical (unpaired) electrons. The van der Waals surface area contributed by atoms with Gasteiger partial charge >= 0.3 is 0 Å². The lowest BCUT2D eigenvalue weighted by molar-refractivity contribution is 0.563. The highest BCUT2D eigenvalue weighted by Gasteiger charge is 2.20. The fraction of sp³-hybridized carbons (Fsp3) is 0.500. The first-order valence-corrected chi connectivity index (χ1v) is 7.37. The first-order valence-electron chi connectivity index (χ1n) is 6.49. The van der Waals surface area contributed by atoms with E-state index in [4.69, 9.17) is 0 Å². The van der Waals surface area contributed by atoms with Gasteiger partial charge in [-0.15, -0.1) is 11.3 Å². The van der Waals surface area contributed by atoms with Crippen LogP contribution in [-0.2, 0) is 13.0 Å². The zero-order chi connectivity index (χ0) is 13.1. The molecule has 98 valence electrons. The maximum absolute atomic E-state index is 4.64. The van der Waals surface area contributed by atoms with Crippen LogP contribution < -0.4 is 5.32 Å². The Hall–Kier alpha value is -1.13. The predicted octanol–water partition coefficient (Wildman–Crippen LogP) is 3.14. The largest absolute Gasteiger partial charge is 0.307 e. The zero-order valence-electron chi connectivity index (χ0n) is 11.5. The summed E-state index contributed by atoms with van der Waals surface area (Å²) in [5.41, 5.74) is 3.78. The smallest absolute Gasteiger partial charge is 0.0842 e. The van der Waals surface area contributed by atoms with E-state index < -0.39 is 0 Å². The van der Waals surface area contributed by atoms with Crippen molar-refractivity contribution in [1.82, 2.24) is 15.1 Å². The summed E-state index contributed by atoms with van der Waals surface area (Å²) >= 11 is 1.81. The summed E-state index contributed by atoms with van der Waals surface area (Å²) in [4.78, 5) is 1.38. The van der Waals surface area contributed by atoms with Crippen molar-refractivity contribution in [3.8, 4) is 0 Å². The molecule has 1 unspecified atom stereocenters. The lowest BCUT2D eigenvalue weighted by Crippen LogP contribution is -2.21. The number of thiophene rings is 1. The lowest BCUT2D eigenvalue weighted by Gasteiger charge is -2.17. The number of hydrogen-bond acceptors (Lipinski definition) is 3. The summed E-state index contributed by atoms with van der Waals surface area (Å²) in [5.74, 6) is 0. The van der Waals surface area contributed by atoms with E-state index in [2.05, 4.69) is 53.4 Å². The highest BCUT2D eigenvalue weighted by molar-refractivity contribution is 7.10. The number of aromatic nitrogens is 2. The Morgan fingerprint density at radius 2 is 2.22 bits per heavy atom. The van der Waals surface area contributed by atoms with Gasteiger partial charge in [-0.2, -0.15) is 5.10 Å². The van der Waals surface area contributed by atoms with Crippen molar-refractivity contribution in [2.45, 2.75) is 39.8 Å². The zero-order valence-corrected chi connectivity index (χ0v) is 12.3. The second kappa shape index (κ2) is 5.67. The molecule has 0 aliphatic carbocycles. The number of aryl methyl sites for hydroxylation is 3. The molecule has 0 bridgehead atoms. The highest BCUT2D eigenvalue weighted by Crippen LogP contribution is 2.29. The molecule has 0 saturated carbocycles. The first-order chi connectivity index (χ1) is 8.71. The standard InChI is InChI=1S/C14H21N3S/c1-5-11-9-12(17(6-2)16-11)13(15-4)14-10(3)7-8-18-14/h7-9,13,15H,5-6H2,1-4H3. The van der Waals surface area contributed by atoms with Crippen molar-refractivity contribution in [3.05, 3.63) is 39.3 Å². The third-order valence-electron chi connectivity index (χ3n) is 3.27. The Morgan fingerprint density at radius 1 is 1.44 bits per heavy atom. The summed E-state index contributed by atoms with van der Waals surface area (Å²) in [6.45, 7) is 7.38. The van der Waals surface area contributed by atoms with Gasteiger partial charge in [0, 0.05) is 11.4 Å². The Morgan fingerprint density at radius 3 is 2.72 bits per heavy atom. The molecule has 0 aromatic carbocycles. The summed E-state index contributed by atoms with van der Waals surface area (Å²) < 4.78 is 2.11. The van der Waals surface area contributed by atoms with Crippen LogP contribution in [0.1, 0.15) is 41.7 Å². The van der Waals surface area contributed by atoms with Gasteiger partial charge in [-0.05, 0) is 50.4 Å². The van der Waals surface area contributed by atoms with E-state index in [1.54, 1.807) is 0 Å². The average molecular weight is 263 g/mol. The SMILES string of the molecule is CCc1cc(C(NC)c2sccc2C)n(CC)n1. The molecule has 0 amide bonds. The summed E-state index contributed by atoms with van der Waals surface area (Å²) in [7, 11) is 2.02. The first kappa shape index (κ1) is 13.3. The van der Waals surface area contributed by atoms with E-state index in [1.807, 2.05) is 18.4 Å². The van der Waals surface area contributed by atoms with Gasteiger partial charge in [0.15, 0.2) is 0 Å². The second-order valence-electron chi connectivity index (χ2n) is 4.42. The lowest BCUT2D eigenvalue weighted by atomic mass is 10.1. The molecule has 3 nitrogen and oxygen atoms in total. The molecule has 0 fully saturated rings. The molecule has 2 aromatic rings. The predicted molar refractivity (Wildman–Crippen MR) is 77.2 cm³/mol. The van der Waals surface area contributed by atoms with Crippen LogP contribution in [0.25, 0.3) is 0 Å². The van der Waals surface area contributed by atoms with E-state index in [0.29, 0.717) is 0 Å². The summed E-state index contributed by atoms with van der Waals surface area (Å²) in [5, 5.41) is 10.2. The van der Waals surface area contributed by atoms with Crippen molar-refractivity contribution in [2.75, 3.05) is 7.05 Å². The fourth-order valence-electron chi connectivity index (χ4n) is 2.24. The van der Waals surface area contributed by atoms with Crippen LogP contribution >= 0.6 is 11.3 Å². The van der Waals surface area contributed by atoms with Crippen LogP contribution in [0.2, 0.25) is 0 Å². The molecular weight excluding hydrogens is 242 g/mol. The number of rotatable bonds is 5. The maximum atomic E-state index is 4.64. The van der Waals surface area contributed by atoms with Crippen molar-refractivity contribution < 1.29 is 0 Å². The second-order valence-corrected chi connectivity index (χ2v) is 5.37. The molecule has 0 aliphatic rings. The van der Waals surface area contributed by atoms with Crippen molar-refractivity contribution in [2.24, 2.45) is 0 Å². The van der Waals surface area contributed by atoms with Crippen LogP contribution in [0.5, 0.6) is 0 Å². The number of hydrogen-bond donors (Lipinski definition) is 1. The average Bonchev–Trinajstić information content (AvgIpc) is 2.98. The van der Waals surface area contributed by atoms with Gasteiger partial charge in [-0.25, -0.2) is 0 Å². The maximum Gasteiger partial charge on any atom is 0.0842 e. The fourth-order valence-corrected chi connectivity index (χ4v) is 3.29. The molecule has 1 atom stereocenters. The van der Waals surface area contributed by atoms with Gasteiger partial charge in [-0.3, -0.25) is 4.68 Å². The van der Waals surface area contributed by atoms with Gasteiger partial charge in [0.2, 0.25) is 0 Å². The Kier molecular flexibility index (Phi) is 4.19. The van der Waals surface area contributed by atoms with Gasteiger partial charge < -0.3 is 5.32 Å². The monoisotopic (exact) mass is 263 g/mol. The highest BCUT2D eigenvalue weighted by atomic mass is 32.1. The van der Waals surface area contributed by atoms with Gasteiger partial charge in [-0.1, -0.05) is 6.92 Å². The van der Waals surface area contributed by atoms with Crippen LogP contribution in [0.4, 0.5) is 0 Å². The van der Waals surface area contributed by atoms with Crippen LogP contribution in [0.3, 0.4) is 0 Å². The number of nitrogens with one attached hydrogen (secondary N) is 1. The molecule has 2 rings (SSSR count). The quantitative estimate of drug-likeness (QED) is 0.898. The molecule has 0 spiro atoms. The molecular formula is C14H21N3S. The van der Waals surface area contributed by atoms with Crippen LogP contribution in [0, 0.1) is 6.92 Å². The number of nitrogens with zero attached hydrogens (tertiary/aromatic N) is 2. The van der Waals surface area contributed by atoms with E-state index in [-0.39, 0.29) is 6.04 Å². The van der Waals surface area contributed by atoms with Crippen molar-refractivity contribution >= 4 is 11.3 Å². The van der Waals surface area contributed by atoms with Gasteiger partial charge in [0.25, 0.3) is 0 Å². The molecule has 1 N–H and O–H groups in total. The van der Waals surface area contributed by atoms with E-state index in [9.17, 15) is 0 Å². The van der Waals surface area contributed by atoms with Gasteiger partial charge in [0.05, 0.1) is 17.4 Å². The van der Waals surface area contributed by atoms with E-state index in [1.165, 1.54) is 21.8 Å². The van der Waals surface area contributed by atoms with Crippen molar-refractivity contribution in [3.63, 3.8) is 0 Å². The topological polar surface area (TPSA) is 29.9 Å². The molecule has 4 heteroatoms. The minimum absolute atomic E-state index is 0.248. The minimum Gasteiger partial charge on any atom is -0.307 e. The minimum atomic E-state index is 0.248. The van der Waals surface area contributed by atoms with Crippen molar-refractivity contribution in [1.29, 1.82) is 0 Å². The Balaban J connectivity index is 2.44. The normalized spacial score (nSPS) is 12.9. The van der Waals surface area contributed by atoms with Crippen LogP contribution in [-0.4, -0.2) is 16.8 Å².